The van der Waals surface area contributed by atoms with Crippen LogP contribution in [0.1, 0.15) is 30.0 Å². The molecular formula is C11H17N3O2. The van der Waals surface area contributed by atoms with E-state index >= 15 is 0 Å². The maximum Gasteiger partial charge on any atom is 0.191 e. The van der Waals surface area contributed by atoms with Crippen LogP contribution in [-0.4, -0.2) is 45.5 Å². The molecule has 1 aromatic heterocycles. The molecule has 1 aromatic rings. The quantitative estimate of drug-likeness (QED) is 0.736. The molecule has 0 saturated carbocycles. The highest BCUT2D eigenvalue weighted by atomic mass is 16.3. The summed E-state index contributed by atoms with van der Waals surface area (Å²) in [5.41, 5.74) is 0.346. The highest BCUT2D eigenvalue weighted by molar-refractivity contribution is 5.96. The minimum atomic E-state index is -0.505. The molecule has 0 aliphatic heterocycles. The van der Waals surface area contributed by atoms with Gasteiger partial charge in [0.05, 0.1) is 12.1 Å². The number of hydrogen-bond donors (Lipinski definition) is 1. The number of rotatable bonds is 5. The summed E-state index contributed by atoms with van der Waals surface area (Å²) >= 11 is 0. The van der Waals surface area contributed by atoms with Crippen molar-refractivity contribution in [2.45, 2.75) is 26.4 Å². The van der Waals surface area contributed by atoms with Crippen LogP contribution in [0.15, 0.2) is 12.4 Å². The lowest BCUT2D eigenvalue weighted by Gasteiger charge is -2.19. The summed E-state index contributed by atoms with van der Waals surface area (Å²) in [6.45, 7) is 4.31. The Morgan fingerprint density at radius 1 is 1.44 bits per heavy atom. The molecule has 0 radical (unpaired) electrons. The van der Waals surface area contributed by atoms with Gasteiger partial charge < -0.3 is 5.11 Å². The van der Waals surface area contributed by atoms with Gasteiger partial charge in [0.25, 0.3) is 0 Å². The Hall–Kier alpha value is -1.33. The van der Waals surface area contributed by atoms with Gasteiger partial charge in [0.15, 0.2) is 5.78 Å². The normalized spacial score (nSPS) is 11.1. The van der Waals surface area contributed by atoms with Crippen molar-refractivity contribution < 1.29 is 9.90 Å². The molecule has 88 valence electrons. The Kier molecular flexibility index (Phi) is 4.52. The fourth-order valence-electron chi connectivity index (χ4n) is 1.08. The average Bonchev–Trinajstić information content (AvgIpc) is 2.28. The van der Waals surface area contributed by atoms with Crippen LogP contribution >= 0.6 is 0 Å². The molecule has 0 amide bonds. The topological polar surface area (TPSA) is 66.3 Å². The van der Waals surface area contributed by atoms with Gasteiger partial charge in [0.2, 0.25) is 0 Å². The maximum atomic E-state index is 11.1. The van der Waals surface area contributed by atoms with Gasteiger partial charge in [0.1, 0.15) is 12.4 Å². The van der Waals surface area contributed by atoms with Crippen molar-refractivity contribution in [3.63, 3.8) is 0 Å². The summed E-state index contributed by atoms with van der Waals surface area (Å²) in [5, 5.41) is 8.66. The number of carbonyl (C=O) groups is 1. The number of hydrogen-bond acceptors (Lipinski definition) is 5. The molecule has 0 aromatic carbocycles. The predicted octanol–water partition coefficient (Wildman–Crippen LogP) is 0.492. The molecule has 5 nitrogen and oxygen atoms in total. The summed E-state index contributed by atoms with van der Waals surface area (Å²) in [6, 6.07) is 0.419. The maximum absolute atomic E-state index is 11.1. The summed E-state index contributed by atoms with van der Waals surface area (Å²) < 4.78 is 0. The summed E-state index contributed by atoms with van der Waals surface area (Å²) in [6.07, 6.45) is 2.91. The van der Waals surface area contributed by atoms with Crippen LogP contribution < -0.4 is 0 Å². The fourth-order valence-corrected chi connectivity index (χ4v) is 1.08. The molecule has 1 N–H and O–H groups in total. The first-order valence-electron chi connectivity index (χ1n) is 5.19. The molecule has 16 heavy (non-hydrogen) atoms. The summed E-state index contributed by atoms with van der Waals surface area (Å²) in [4.78, 5) is 21.4. The summed E-state index contributed by atoms with van der Waals surface area (Å²) in [5.74, 6) is 0.314. The highest BCUT2D eigenvalue weighted by Crippen LogP contribution is 2.02. The van der Waals surface area contributed by atoms with Crippen molar-refractivity contribution in [1.82, 2.24) is 14.9 Å². The lowest BCUT2D eigenvalue weighted by molar-refractivity contribution is 0.0903. The lowest BCUT2D eigenvalue weighted by Crippen LogP contribution is -2.26. The SMILES string of the molecule is CC(C)N(C)Cc1ncc(C(=O)CO)cn1. The van der Waals surface area contributed by atoms with Crippen LogP contribution in [0.25, 0.3) is 0 Å². The first-order valence-corrected chi connectivity index (χ1v) is 5.19. The Labute approximate surface area is 95.1 Å². The monoisotopic (exact) mass is 223 g/mol. The van der Waals surface area contributed by atoms with Gasteiger partial charge in [-0.1, -0.05) is 0 Å². The number of aliphatic hydroxyl groups is 1. The number of aromatic nitrogens is 2. The first-order chi connectivity index (χ1) is 7.54. The molecule has 1 heterocycles. The van der Waals surface area contributed by atoms with Crippen LogP contribution in [0.5, 0.6) is 0 Å². The Morgan fingerprint density at radius 2 is 2.00 bits per heavy atom. The zero-order chi connectivity index (χ0) is 12.1. The third-order valence-corrected chi connectivity index (χ3v) is 2.44. The van der Waals surface area contributed by atoms with Gasteiger partial charge in [-0.2, -0.15) is 0 Å². The van der Waals surface area contributed by atoms with Crippen LogP contribution in [0.3, 0.4) is 0 Å². The smallest absolute Gasteiger partial charge is 0.191 e. The van der Waals surface area contributed by atoms with E-state index in [1.165, 1.54) is 12.4 Å². The van der Waals surface area contributed by atoms with E-state index in [0.717, 1.165) is 0 Å². The highest BCUT2D eigenvalue weighted by Gasteiger charge is 2.08. The van der Waals surface area contributed by atoms with E-state index in [4.69, 9.17) is 5.11 Å². The zero-order valence-electron chi connectivity index (χ0n) is 9.84. The third kappa shape index (κ3) is 3.36. The first kappa shape index (κ1) is 12.7. The van der Waals surface area contributed by atoms with Crippen molar-refractivity contribution in [3.8, 4) is 0 Å². The minimum absolute atomic E-state index is 0.346. The van der Waals surface area contributed by atoms with Crippen LogP contribution in [0, 0.1) is 0 Å². The van der Waals surface area contributed by atoms with Gasteiger partial charge in [-0.25, -0.2) is 9.97 Å². The van der Waals surface area contributed by atoms with Crippen molar-refractivity contribution >= 4 is 5.78 Å². The van der Waals surface area contributed by atoms with Gasteiger partial charge in [-0.05, 0) is 20.9 Å². The number of nitrogens with zero attached hydrogens (tertiary/aromatic N) is 3. The second kappa shape index (κ2) is 5.67. The molecule has 0 unspecified atom stereocenters. The second-order valence-electron chi connectivity index (χ2n) is 3.98. The van der Waals surface area contributed by atoms with E-state index < -0.39 is 6.61 Å². The largest absolute Gasteiger partial charge is 0.388 e. The van der Waals surface area contributed by atoms with E-state index in [1.54, 1.807) is 0 Å². The van der Waals surface area contributed by atoms with E-state index in [9.17, 15) is 4.79 Å². The van der Waals surface area contributed by atoms with Gasteiger partial charge >= 0.3 is 0 Å². The molecule has 0 aliphatic rings. The van der Waals surface area contributed by atoms with Crippen LogP contribution in [-0.2, 0) is 6.54 Å². The Balaban J connectivity index is 2.68. The van der Waals surface area contributed by atoms with Gasteiger partial charge in [-0.3, -0.25) is 9.69 Å². The number of Topliss-reactive ketones (excluding diaryl/α,β-unsaturated/α-hetero) is 1. The predicted molar refractivity (Wildman–Crippen MR) is 60.1 cm³/mol. The molecule has 5 heteroatoms. The summed E-state index contributed by atoms with van der Waals surface area (Å²) in [7, 11) is 1.99. The Bertz CT molecular complexity index is 349. The fraction of sp³-hybridized carbons (Fsp3) is 0.545. The van der Waals surface area contributed by atoms with Crippen LogP contribution in [0.4, 0.5) is 0 Å². The van der Waals surface area contributed by atoms with Gasteiger partial charge in [-0.15, -0.1) is 0 Å². The average molecular weight is 223 g/mol. The van der Waals surface area contributed by atoms with Crippen molar-refractivity contribution in [2.75, 3.05) is 13.7 Å². The molecule has 0 aliphatic carbocycles. The van der Waals surface area contributed by atoms with Crippen molar-refractivity contribution in [2.24, 2.45) is 0 Å². The number of carbonyl (C=O) groups excluding carboxylic acids is 1. The molecule has 0 spiro atoms. The third-order valence-electron chi connectivity index (χ3n) is 2.44. The number of aliphatic hydroxyl groups excluding tert-OH is 1. The molecular weight excluding hydrogens is 206 g/mol. The lowest BCUT2D eigenvalue weighted by atomic mass is 10.2. The van der Waals surface area contributed by atoms with E-state index in [1.807, 2.05) is 7.05 Å². The molecule has 0 saturated heterocycles. The molecule has 0 atom stereocenters. The van der Waals surface area contributed by atoms with Crippen LogP contribution in [0.2, 0.25) is 0 Å². The standard InChI is InChI=1S/C11H17N3O2/c1-8(2)14(3)6-11-12-4-9(5-13-11)10(16)7-15/h4-5,8,15H,6-7H2,1-3H3. The number of ketones is 1. The zero-order valence-corrected chi connectivity index (χ0v) is 9.84. The van der Waals surface area contributed by atoms with Crippen molar-refractivity contribution in [1.29, 1.82) is 0 Å². The molecule has 0 fully saturated rings. The van der Waals surface area contributed by atoms with E-state index in [2.05, 4.69) is 28.7 Å². The van der Waals surface area contributed by atoms with E-state index in [-0.39, 0.29) is 5.78 Å². The van der Waals surface area contributed by atoms with Crippen molar-refractivity contribution in [3.05, 3.63) is 23.8 Å². The molecule has 0 bridgehead atoms. The Morgan fingerprint density at radius 3 is 2.44 bits per heavy atom. The second-order valence-corrected chi connectivity index (χ2v) is 3.98. The van der Waals surface area contributed by atoms with Gasteiger partial charge in [0, 0.05) is 18.4 Å². The minimum Gasteiger partial charge on any atom is -0.388 e. The van der Waals surface area contributed by atoms with E-state index in [0.29, 0.717) is 24.0 Å². The molecule has 1 rings (SSSR count).